The number of nitrogens with one attached hydrogen (secondary N) is 1. The first-order valence-electron chi connectivity index (χ1n) is 7.16. The third kappa shape index (κ3) is 3.96. The third-order valence-corrected chi connectivity index (χ3v) is 5.00. The predicted molar refractivity (Wildman–Crippen MR) is 86.2 cm³/mol. The van der Waals surface area contributed by atoms with Crippen LogP contribution in [0.3, 0.4) is 0 Å². The predicted octanol–water partition coefficient (Wildman–Crippen LogP) is 4.08. The first-order chi connectivity index (χ1) is 9.86. The molecule has 1 spiro atoms. The Bertz CT molecular complexity index is 530. The van der Waals surface area contributed by atoms with Crippen molar-refractivity contribution in [2.24, 2.45) is 5.41 Å². The van der Waals surface area contributed by atoms with E-state index in [4.69, 9.17) is 0 Å². The van der Waals surface area contributed by atoms with Crippen LogP contribution in [0.4, 0.5) is 13.2 Å². The van der Waals surface area contributed by atoms with E-state index in [0.29, 0.717) is 16.4 Å². The minimum Gasteiger partial charge on any atom is -0.316 e. The summed E-state index contributed by atoms with van der Waals surface area (Å²) in [5, 5.41) is 3.39. The number of rotatable bonds is 2. The summed E-state index contributed by atoms with van der Waals surface area (Å²) in [7, 11) is 0. The van der Waals surface area contributed by atoms with Gasteiger partial charge in [0.05, 0.1) is 5.56 Å². The molecule has 0 aliphatic carbocycles. The van der Waals surface area contributed by atoms with Gasteiger partial charge in [-0.05, 0) is 55.1 Å². The normalized spacial score (nSPS) is 25.6. The molecule has 0 saturated carbocycles. The van der Waals surface area contributed by atoms with Crippen molar-refractivity contribution in [1.82, 2.24) is 10.2 Å². The zero-order valence-corrected chi connectivity index (χ0v) is 14.5. The molecule has 1 unspecified atom stereocenters. The Kier molecular flexibility index (Phi) is 5.47. The molecule has 0 aromatic heterocycles. The van der Waals surface area contributed by atoms with E-state index >= 15 is 0 Å². The Morgan fingerprint density at radius 1 is 1.23 bits per heavy atom. The highest BCUT2D eigenvalue weighted by Gasteiger charge is 2.40. The second-order valence-corrected chi connectivity index (χ2v) is 7.15. The Labute approximate surface area is 143 Å². The van der Waals surface area contributed by atoms with Crippen LogP contribution in [0.25, 0.3) is 0 Å². The zero-order chi connectivity index (χ0) is 15.1. The van der Waals surface area contributed by atoms with E-state index in [1.807, 2.05) is 0 Å². The lowest BCUT2D eigenvalue weighted by atomic mass is 9.86. The van der Waals surface area contributed by atoms with E-state index in [1.54, 1.807) is 6.07 Å². The van der Waals surface area contributed by atoms with E-state index in [0.717, 1.165) is 44.2 Å². The number of hydrogen-bond acceptors (Lipinski definition) is 2. The monoisotopic (exact) mass is 398 g/mol. The van der Waals surface area contributed by atoms with Gasteiger partial charge in [0, 0.05) is 24.1 Å². The van der Waals surface area contributed by atoms with E-state index in [9.17, 15) is 13.2 Å². The van der Waals surface area contributed by atoms with Crippen LogP contribution < -0.4 is 5.32 Å². The molecule has 2 nitrogen and oxygen atoms in total. The summed E-state index contributed by atoms with van der Waals surface area (Å²) in [6.45, 7) is 4.63. The molecule has 2 aliphatic heterocycles. The number of benzene rings is 1. The molecular weight excluding hydrogens is 381 g/mol. The van der Waals surface area contributed by atoms with Crippen LogP contribution in [0, 0.1) is 5.41 Å². The van der Waals surface area contributed by atoms with Crippen LogP contribution in [0.1, 0.15) is 24.0 Å². The molecule has 2 fully saturated rings. The summed E-state index contributed by atoms with van der Waals surface area (Å²) in [6.07, 6.45) is -1.98. The maximum atomic E-state index is 12.9. The van der Waals surface area contributed by atoms with Gasteiger partial charge in [-0.15, -0.1) is 12.4 Å². The number of nitrogens with zero attached hydrogens (tertiary/aromatic N) is 1. The molecule has 2 saturated heterocycles. The zero-order valence-electron chi connectivity index (χ0n) is 12.0. The Morgan fingerprint density at radius 2 is 2.00 bits per heavy atom. The van der Waals surface area contributed by atoms with E-state index in [-0.39, 0.29) is 12.4 Å². The van der Waals surface area contributed by atoms with Crippen LogP contribution in [0.15, 0.2) is 22.7 Å². The maximum absolute atomic E-state index is 12.9. The van der Waals surface area contributed by atoms with E-state index in [2.05, 4.69) is 26.1 Å². The van der Waals surface area contributed by atoms with Crippen molar-refractivity contribution in [3.05, 3.63) is 33.8 Å². The highest BCUT2D eigenvalue weighted by atomic mass is 79.9. The van der Waals surface area contributed by atoms with E-state index in [1.165, 1.54) is 12.5 Å². The number of likely N-dealkylation sites (tertiary alicyclic amines) is 1. The highest BCUT2D eigenvalue weighted by molar-refractivity contribution is 9.10. The molecule has 0 amide bonds. The van der Waals surface area contributed by atoms with Crippen molar-refractivity contribution in [2.75, 3.05) is 26.2 Å². The van der Waals surface area contributed by atoms with Gasteiger partial charge < -0.3 is 5.32 Å². The minimum atomic E-state index is -4.29. The minimum absolute atomic E-state index is 0. The second kappa shape index (κ2) is 6.67. The summed E-state index contributed by atoms with van der Waals surface area (Å²) in [4.78, 5) is 2.27. The van der Waals surface area contributed by atoms with Crippen molar-refractivity contribution in [2.45, 2.75) is 25.6 Å². The van der Waals surface area contributed by atoms with Gasteiger partial charge in [0.25, 0.3) is 0 Å². The molecule has 124 valence electrons. The molecule has 0 bridgehead atoms. The van der Waals surface area contributed by atoms with Gasteiger partial charge in [-0.25, -0.2) is 0 Å². The van der Waals surface area contributed by atoms with Crippen molar-refractivity contribution in [3.8, 4) is 0 Å². The van der Waals surface area contributed by atoms with Gasteiger partial charge in [0.15, 0.2) is 0 Å². The topological polar surface area (TPSA) is 15.3 Å². The standard InChI is InChI=1S/C15H18BrF3N2.ClH/c16-13-6-11(5-12(7-13)15(17,18)19)8-21-4-2-14(10-21)1-3-20-9-14;/h5-7,20H,1-4,8-10H2;1H. The Morgan fingerprint density at radius 3 is 2.64 bits per heavy atom. The number of alkyl halides is 3. The molecular formula is C15H19BrClF3N2. The molecule has 3 rings (SSSR count). The van der Waals surface area contributed by atoms with Crippen LogP contribution in [0.5, 0.6) is 0 Å². The molecule has 1 aromatic rings. The van der Waals surface area contributed by atoms with Crippen LogP contribution >= 0.6 is 28.3 Å². The molecule has 1 aromatic carbocycles. The van der Waals surface area contributed by atoms with Crippen LogP contribution in [-0.2, 0) is 12.7 Å². The highest BCUT2D eigenvalue weighted by Crippen LogP contribution is 2.37. The fraction of sp³-hybridized carbons (Fsp3) is 0.600. The molecule has 7 heteroatoms. The van der Waals surface area contributed by atoms with E-state index < -0.39 is 11.7 Å². The lowest BCUT2D eigenvalue weighted by Gasteiger charge is -2.23. The van der Waals surface area contributed by atoms with Crippen LogP contribution in [-0.4, -0.2) is 31.1 Å². The summed E-state index contributed by atoms with van der Waals surface area (Å²) >= 11 is 3.19. The molecule has 2 aliphatic rings. The smallest absolute Gasteiger partial charge is 0.316 e. The Hall–Kier alpha value is -0.300. The first-order valence-corrected chi connectivity index (χ1v) is 7.95. The van der Waals surface area contributed by atoms with Crippen molar-refractivity contribution < 1.29 is 13.2 Å². The van der Waals surface area contributed by atoms with Gasteiger partial charge in [-0.1, -0.05) is 15.9 Å². The molecule has 1 N–H and O–H groups in total. The number of halogens is 5. The van der Waals surface area contributed by atoms with Gasteiger partial charge >= 0.3 is 6.18 Å². The quantitative estimate of drug-likeness (QED) is 0.806. The lowest BCUT2D eigenvalue weighted by Crippen LogP contribution is -2.29. The summed E-state index contributed by atoms with van der Waals surface area (Å²) in [5.74, 6) is 0. The molecule has 0 radical (unpaired) electrons. The molecule has 1 atom stereocenters. The largest absolute Gasteiger partial charge is 0.416 e. The molecule has 22 heavy (non-hydrogen) atoms. The average molecular weight is 400 g/mol. The van der Waals surface area contributed by atoms with Gasteiger partial charge in [0.1, 0.15) is 0 Å². The van der Waals surface area contributed by atoms with Crippen LogP contribution in [0.2, 0.25) is 0 Å². The van der Waals surface area contributed by atoms with Crippen molar-refractivity contribution in [1.29, 1.82) is 0 Å². The summed E-state index contributed by atoms with van der Waals surface area (Å²) < 4.78 is 39.1. The first kappa shape index (κ1) is 18.0. The fourth-order valence-corrected chi connectivity index (χ4v) is 4.01. The Balaban J connectivity index is 0.00000176. The SMILES string of the molecule is Cl.FC(F)(F)c1cc(Br)cc(CN2CCC3(CCNC3)C2)c1. The number of hydrogen-bond donors (Lipinski definition) is 1. The fourth-order valence-electron chi connectivity index (χ4n) is 3.47. The summed E-state index contributed by atoms with van der Waals surface area (Å²) in [6, 6.07) is 4.19. The average Bonchev–Trinajstić information content (AvgIpc) is 2.99. The second-order valence-electron chi connectivity index (χ2n) is 6.23. The van der Waals surface area contributed by atoms with Gasteiger partial charge in [-0.3, -0.25) is 4.90 Å². The van der Waals surface area contributed by atoms with Gasteiger partial charge in [0.2, 0.25) is 0 Å². The van der Waals surface area contributed by atoms with Gasteiger partial charge in [-0.2, -0.15) is 13.2 Å². The third-order valence-electron chi connectivity index (χ3n) is 4.54. The van der Waals surface area contributed by atoms with Crippen molar-refractivity contribution >= 4 is 28.3 Å². The van der Waals surface area contributed by atoms with Crippen molar-refractivity contribution in [3.63, 3.8) is 0 Å². The summed E-state index contributed by atoms with van der Waals surface area (Å²) in [5.41, 5.74) is 0.488. The maximum Gasteiger partial charge on any atom is 0.416 e. The lowest BCUT2D eigenvalue weighted by molar-refractivity contribution is -0.137. The molecule has 2 heterocycles.